The second-order valence-electron chi connectivity index (χ2n) is 6.44. The first kappa shape index (κ1) is 23.0. The van der Waals surface area contributed by atoms with Crippen LogP contribution < -0.4 is 21.1 Å². The SMILES string of the molecule is CCOC(=O)c1csc(N(NC(=O)Nc2ccc(Cl)cc2)C(=O)Nc2ccc(C)cc2)n1. The molecule has 0 spiro atoms. The molecule has 0 radical (unpaired) electrons. The minimum absolute atomic E-state index is 0.0277. The Labute approximate surface area is 193 Å². The molecule has 0 unspecified atom stereocenters. The minimum Gasteiger partial charge on any atom is -0.461 e. The average molecular weight is 474 g/mol. The Kier molecular flexibility index (Phi) is 7.63. The monoisotopic (exact) mass is 473 g/mol. The van der Waals surface area contributed by atoms with E-state index in [1.165, 1.54) is 5.38 Å². The van der Waals surface area contributed by atoms with Crippen LogP contribution >= 0.6 is 22.9 Å². The zero-order chi connectivity index (χ0) is 23.1. The van der Waals surface area contributed by atoms with Crippen LogP contribution in [0, 0.1) is 6.92 Å². The third-order valence-electron chi connectivity index (χ3n) is 3.99. The lowest BCUT2D eigenvalue weighted by atomic mass is 10.2. The second-order valence-corrected chi connectivity index (χ2v) is 7.71. The number of hydrazine groups is 1. The van der Waals surface area contributed by atoms with Gasteiger partial charge in [-0.15, -0.1) is 11.3 Å². The number of hydrogen-bond donors (Lipinski definition) is 3. The van der Waals surface area contributed by atoms with Gasteiger partial charge in [0.25, 0.3) is 0 Å². The maximum atomic E-state index is 12.9. The number of thiazole rings is 1. The number of esters is 1. The molecular weight excluding hydrogens is 454 g/mol. The molecule has 166 valence electrons. The smallest absolute Gasteiger partial charge is 0.357 e. The van der Waals surface area contributed by atoms with E-state index >= 15 is 0 Å². The number of urea groups is 2. The van der Waals surface area contributed by atoms with Crippen LogP contribution in [0.15, 0.2) is 53.9 Å². The van der Waals surface area contributed by atoms with E-state index < -0.39 is 18.0 Å². The Hall–Kier alpha value is -3.63. The molecule has 3 aromatic rings. The van der Waals surface area contributed by atoms with Gasteiger partial charge in [0.2, 0.25) is 5.13 Å². The maximum Gasteiger partial charge on any atom is 0.357 e. The van der Waals surface area contributed by atoms with Gasteiger partial charge in [-0.25, -0.2) is 24.8 Å². The summed E-state index contributed by atoms with van der Waals surface area (Å²) < 4.78 is 4.93. The van der Waals surface area contributed by atoms with E-state index in [0.717, 1.165) is 21.9 Å². The summed E-state index contributed by atoms with van der Waals surface area (Å²) in [5.74, 6) is -0.625. The first-order valence-corrected chi connectivity index (χ1v) is 10.7. The van der Waals surface area contributed by atoms with E-state index in [9.17, 15) is 14.4 Å². The Morgan fingerprint density at radius 1 is 1.03 bits per heavy atom. The number of amides is 4. The van der Waals surface area contributed by atoms with Gasteiger partial charge in [-0.3, -0.25) is 0 Å². The van der Waals surface area contributed by atoms with Crippen molar-refractivity contribution in [3.05, 3.63) is 70.2 Å². The van der Waals surface area contributed by atoms with Crippen LogP contribution in [0.1, 0.15) is 23.0 Å². The third-order valence-corrected chi connectivity index (χ3v) is 5.07. The summed E-state index contributed by atoms with van der Waals surface area (Å²) in [6.45, 7) is 3.78. The molecular formula is C21H20ClN5O4S. The number of anilines is 3. The molecule has 0 saturated carbocycles. The number of benzene rings is 2. The normalized spacial score (nSPS) is 10.2. The fraction of sp³-hybridized carbons (Fsp3) is 0.143. The number of aromatic nitrogens is 1. The fourth-order valence-electron chi connectivity index (χ4n) is 2.46. The summed E-state index contributed by atoms with van der Waals surface area (Å²) in [6, 6.07) is 12.2. The largest absolute Gasteiger partial charge is 0.461 e. The molecule has 0 aliphatic heterocycles. The van der Waals surface area contributed by atoms with Gasteiger partial charge in [0, 0.05) is 21.8 Å². The highest BCUT2D eigenvalue weighted by atomic mass is 35.5. The van der Waals surface area contributed by atoms with Crippen LogP contribution in [0.4, 0.5) is 26.1 Å². The molecule has 2 aromatic carbocycles. The van der Waals surface area contributed by atoms with Crippen molar-refractivity contribution >= 4 is 57.5 Å². The Bertz CT molecular complexity index is 1100. The van der Waals surface area contributed by atoms with Crippen molar-refractivity contribution in [3.63, 3.8) is 0 Å². The molecule has 1 aromatic heterocycles. The van der Waals surface area contributed by atoms with E-state index in [0.29, 0.717) is 16.4 Å². The third kappa shape index (κ3) is 6.19. The summed E-state index contributed by atoms with van der Waals surface area (Å²) in [6.07, 6.45) is 0. The first-order valence-electron chi connectivity index (χ1n) is 9.49. The van der Waals surface area contributed by atoms with Gasteiger partial charge in [0.05, 0.1) is 6.61 Å². The highest BCUT2D eigenvalue weighted by Crippen LogP contribution is 2.21. The zero-order valence-corrected chi connectivity index (χ0v) is 18.8. The quantitative estimate of drug-likeness (QED) is 0.354. The molecule has 3 N–H and O–H groups in total. The van der Waals surface area contributed by atoms with E-state index in [-0.39, 0.29) is 17.4 Å². The number of rotatable bonds is 5. The van der Waals surface area contributed by atoms with Crippen LogP contribution in [0.5, 0.6) is 0 Å². The number of halogens is 1. The number of carbonyl (C=O) groups is 3. The lowest BCUT2D eigenvalue weighted by Gasteiger charge is -2.21. The number of ether oxygens (including phenoxy) is 1. The van der Waals surface area contributed by atoms with E-state index in [2.05, 4.69) is 21.0 Å². The molecule has 0 bridgehead atoms. The summed E-state index contributed by atoms with van der Waals surface area (Å²) in [4.78, 5) is 41.6. The molecule has 32 heavy (non-hydrogen) atoms. The molecule has 3 rings (SSSR count). The summed E-state index contributed by atoms with van der Waals surface area (Å²) in [5.41, 5.74) is 4.49. The Balaban J connectivity index is 1.80. The number of nitrogens with one attached hydrogen (secondary N) is 3. The fourth-order valence-corrected chi connectivity index (χ4v) is 3.34. The number of carbonyl (C=O) groups excluding carboxylic acids is 3. The summed E-state index contributed by atoms with van der Waals surface area (Å²) in [7, 11) is 0. The number of aryl methyl sites for hydroxylation is 1. The van der Waals surface area contributed by atoms with Crippen LogP contribution in [0.2, 0.25) is 5.02 Å². The van der Waals surface area contributed by atoms with Crippen LogP contribution in [0.3, 0.4) is 0 Å². The molecule has 9 nitrogen and oxygen atoms in total. The van der Waals surface area contributed by atoms with Gasteiger partial charge in [0.1, 0.15) is 0 Å². The Morgan fingerprint density at radius 2 is 1.66 bits per heavy atom. The van der Waals surface area contributed by atoms with Crippen molar-refractivity contribution in [1.29, 1.82) is 0 Å². The molecule has 0 aliphatic rings. The topological polar surface area (TPSA) is 113 Å². The molecule has 0 aliphatic carbocycles. The lowest BCUT2D eigenvalue weighted by Crippen LogP contribution is -2.50. The maximum absolute atomic E-state index is 12.9. The van der Waals surface area contributed by atoms with Crippen molar-refractivity contribution in [2.75, 3.05) is 22.2 Å². The van der Waals surface area contributed by atoms with Crippen LogP contribution in [-0.2, 0) is 4.74 Å². The highest BCUT2D eigenvalue weighted by molar-refractivity contribution is 7.14. The average Bonchev–Trinajstić information content (AvgIpc) is 3.25. The van der Waals surface area contributed by atoms with E-state index in [1.54, 1.807) is 43.3 Å². The molecule has 4 amide bonds. The summed E-state index contributed by atoms with van der Waals surface area (Å²) >= 11 is 6.85. The van der Waals surface area contributed by atoms with Crippen molar-refractivity contribution in [2.45, 2.75) is 13.8 Å². The standard InChI is InChI=1S/C21H20ClN5O4S/c1-3-31-18(28)17-12-32-21(25-17)27(20(30)24-16-8-4-13(2)5-9-16)26-19(29)23-15-10-6-14(22)7-11-15/h4-12H,3H2,1-2H3,(H,24,30)(H2,23,26,29). The van der Waals surface area contributed by atoms with Crippen molar-refractivity contribution < 1.29 is 19.1 Å². The highest BCUT2D eigenvalue weighted by Gasteiger charge is 2.24. The zero-order valence-electron chi connectivity index (χ0n) is 17.2. The Morgan fingerprint density at radius 3 is 2.31 bits per heavy atom. The second kappa shape index (κ2) is 10.6. The molecule has 0 fully saturated rings. The van der Waals surface area contributed by atoms with Gasteiger partial charge < -0.3 is 15.4 Å². The number of hydrogen-bond acceptors (Lipinski definition) is 6. The van der Waals surface area contributed by atoms with Gasteiger partial charge in [0.15, 0.2) is 5.69 Å². The van der Waals surface area contributed by atoms with Crippen molar-refractivity contribution in [2.24, 2.45) is 0 Å². The molecule has 11 heteroatoms. The molecule has 0 saturated heterocycles. The summed E-state index contributed by atoms with van der Waals surface area (Å²) in [5, 5.41) is 8.23. The van der Waals surface area contributed by atoms with Crippen molar-refractivity contribution in [1.82, 2.24) is 10.4 Å². The van der Waals surface area contributed by atoms with E-state index in [4.69, 9.17) is 16.3 Å². The predicted molar refractivity (Wildman–Crippen MR) is 124 cm³/mol. The van der Waals surface area contributed by atoms with Gasteiger partial charge in [-0.2, -0.15) is 5.01 Å². The minimum atomic E-state index is -0.695. The van der Waals surface area contributed by atoms with E-state index in [1.807, 2.05) is 19.1 Å². The molecule has 0 atom stereocenters. The first-order chi connectivity index (χ1) is 15.4. The predicted octanol–water partition coefficient (Wildman–Crippen LogP) is 5.06. The van der Waals surface area contributed by atoms with Crippen LogP contribution in [0.25, 0.3) is 0 Å². The van der Waals surface area contributed by atoms with Gasteiger partial charge in [-0.1, -0.05) is 29.3 Å². The number of nitrogens with zero attached hydrogens (tertiary/aromatic N) is 2. The van der Waals surface area contributed by atoms with Crippen molar-refractivity contribution in [3.8, 4) is 0 Å². The molecule has 1 heterocycles. The van der Waals surface area contributed by atoms with Gasteiger partial charge in [-0.05, 0) is 50.2 Å². The lowest BCUT2D eigenvalue weighted by molar-refractivity contribution is 0.0520. The van der Waals surface area contributed by atoms with Crippen LogP contribution in [-0.4, -0.2) is 29.6 Å². The van der Waals surface area contributed by atoms with Gasteiger partial charge >= 0.3 is 18.0 Å².